The number of hydrogen-bond acceptors (Lipinski definition) is 3. The molecule has 0 heterocycles. The van der Waals surface area contributed by atoms with Gasteiger partial charge < -0.3 is 15.2 Å². The van der Waals surface area contributed by atoms with Crippen LogP contribution in [0.4, 0.5) is 4.79 Å². The largest absolute Gasteiger partial charge is 0.480 e. The van der Waals surface area contributed by atoms with Gasteiger partial charge in [0, 0.05) is 6.42 Å². The van der Waals surface area contributed by atoms with Gasteiger partial charge in [0.2, 0.25) is 0 Å². The van der Waals surface area contributed by atoms with E-state index in [4.69, 9.17) is 4.74 Å². The van der Waals surface area contributed by atoms with Gasteiger partial charge in [-0.3, -0.25) is 0 Å². The molecule has 0 unspecified atom stereocenters. The molecule has 2 rings (SSSR count). The Morgan fingerprint density at radius 3 is 2.64 bits per heavy atom. The van der Waals surface area contributed by atoms with E-state index < -0.39 is 18.1 Å². The molecule has 2 aromatic carbocycles. The van der Waals surface area contributed by atoms with E-state index >= 15 is 0 Å². The first-order valence-electron chi connectivity index (χ1n) is 6.85. The molecule has 0 saturated heterocycles. The van der Waals surface area contributed by atoms with Crippen LogP contribution in [-0.4, -0.2) is 29.8 Å². The van der Waals surface area contributed by atoms with E-state index in [0.29, 0.717) is 0 Å². The number of carboxylic acid groups (broad SMARTS) is 1. The van der Waals surface area contributed by atoms with Gasteiger partial charge in [-0.1, -0.05) is 55.1 Å². The molecule has 0 aliphatic heterocycles. The minimum atomic E-state index is -1.11. The van der Waals surface area contributed by atoms with E-state index in [1.807, 2.05) is 42.5 Å². The fourth-order valence-electron chi connectivity index (χ4n) is 2.12. The van der Waals surface area contributed by atoms with E-state index in [0.717, 1.165) is 16.3 Å². The summed E-state index contributed by atoms with van der Waals surface area (Å²) in [5.74, 6) is -1.11. The van der Waals surface area contributed by atoms with E-state index in [1.54, 1.807) is 0 Å². The number of carboxylic acids is 1. The third-order valence-corrected chi connectivity index (χ3v) is 3.18. The lowest BCUT2D eigenvalue weighted by molar-refractivity contribution is -0.139. The van der Waals surface area contributed by atoms with Crippen molar-refractivity contribution in [3.63, 3.8) is 0 Å². The predicted octanol–water partition coefficient (Wildman–Crippen LogP) is 2.75. The zero-order valence-corrected chi connectivity index (χ0v) is 12.0. The van der Waals surface area contributed by atoms with Gasteiger partial charge in [-0.25, -0.2) is 9.59 Å². The van der Waals surface area contributed by atoms with Crippen LogP contribution >= 0.6 is 0 Å². The third kappa shape index (κ3) is 4.09. The number of nitrogens with one attached hydrogen (secondary N) is 1. The quantitative estimate of drug-likeness (QED) is 0.804. The normalized spacial score (nSPS) is 11.6. The highest BCUT2D eigenvalue weighted by Gasteiger charge is 2.21. The second-order valence-corrected chi connectivity index (χ2v) is 4.81. The molecule has 114 valence electrons. The van der Waals surface area contributed by atoms with Gasteiger partial charge in [-0.2, -0.15) is 0 Å². The minimum Gasteiger partial charge on any atom is -0.480 e. The first-order chi connectivity index (χ1) is 10.6. The maximum absolute atomic E-state index is 11.5. The zero-order valence-electron chi connectivity index (χ0n) is 12.0. The van der Waals surface area contributed by atoms with Crippen molar-refractivity contribution in [1.29, 1.82) is 0 Å². The van der Waals surface area contributed by atoms with E-state index in [2.05, 4.69) is 11.9 Å². The molecule has 1 atom stereocenters. The van der Waals surface area contributed by atoms with Crippen LogP contribution in [0, 0.1) is 0 Å². The van der Waals surface area contributed by atoms with Crippen molar-refractivity contribution in [3.8, 4) is 0 Å². The number of ether oxygens (including phenoxy) is 1. The van der Waals surface area contributed by atoms with Crippen LogP contribution in [0.5, 0.6) is 0 Å². The maximum Gasteiger partial charge on any atom is 0.408 e. The van der Waals surface area contributed by atoms with Crippen LogP contribution in [0.25, 0.3) is 10.8 Å². The average molecular weight is 299 g/mol. The van der Waals surface area contributed by atoms with Crippen molar-refractivity contribution in [1.82, 2.24) is 5.32 Å². The van der Waals surface area contributed by atoms with Gasteiger partial charge in [-0.05, 0) is 16.3 Å². The van der Waals surface area contributed by atoms with Crippen LogP contribution in [0.15, 0.2) is 55.1 Å². The lowest BCUT2D eigenvalue weighted by Gasteiger charge is -2.14. The summed E-state index contributed by atoms with van der Waals surface area (Å²) in [5.41, 5.74) is 0.829. The van der Waals surface area contributed by atoms with Gasteiger partial charge in [0.05, 0.1) is 0 Å². The zero-order chi connectivity index (χ0) is 15.9. The number of fused-ring (bicyclic) bond motifs is 1. The molecule has 0 aliphatic carbocycles. The van der Waals surface area contributed by atoms with Crippen molar-refractivity contribution in [2.75, 3.05) is 6.61 Å². The monoisotopic (exact) mass is 299 g/mol. The number of hydrogen-bond donors (Lipinski definition) is 2. The molecule has 0 bridgehead atoms. The molecular weight excluding hydrogens is 282 g/mol. The Morgan fingerprint density at radius 2 is 1.95 bits per heavy atom. The van der Waals surface area contributed by atoms with Crippen molar-refractivity contribution >= 4 is 22.8 Å². The molecule has 2 N–H and O–H groups in total. The summed E-state index contributed by atoms with van der Waals surface area (Å²) in [7, 11) is 0. The Morgan fingerprint density at radius 1 is 1.23 bits per heavy atom. The number of rotatable bonds is 6. The number of aliphatic carboxylic acids is 1. The molecule has 2 aromatic rings. The molecule has 0 spiro atoms. The first-order valence-corrected chi connectivity index (χ1v) is 6.85. The minimum absolute atomic E-state index is 0.0359. The summed E-state index contributed by atoms with van der Waals surface area (Å²) in [6.07, 6.45) is 0.829. The summed E-state index contributed by atoms with van der Waals surface area (Å²) in [4.78, 5) is 22.8. The van der Waals surface area contributed by atoms with Crippen molar-refractivity contribution in [2.45, 2.75) is 12.5 Å². The lowest BCUT2D eigenvalue weighted by atomic mass is 10.0. The Hall–Kier alpha value is -2.82. The van der Waals surface area contributed by atoms with Gasteiger partial charge >= 0.3 is 12.1 Å². The second-order valence-electron chi connectivity index (χ2n) is 4.81. The smallest absolute Gasteiger partial charge is 0.408 e. The summed E-state index contributed by atoms with van der Waals surface area (Å²) >= 11 is 0. The van der Waals surface area contributed by atoms with Gasteiger partial charge in [0.1, 0.15) is 12.6 Å². The molecule has 1 amide bonds. The van der Waals surface area contributed by atoms with Crippen molar-refractivity contribution < 1.29 is 19.4 Å². The summed E-state index contributed by atoms with van der Waals surface area (Å²) in [6, 6.07) is 12.5. The molecule has 0 fully saturated rings. The fraction of sp³-hybridized carbons (Fsp3) is 0.176. The SMILES string of the molecule is C=CCOC(=O)N[C@@H](Cc1ccc2ccccc2c1)C(=O)O. The molecule has 5 nitrogen and oxygen atoms in total. The van der Waals surface area contributed by atoms with E-state index in [9.17, 15) is 14.7 Å². The number of carbonyl (C=O) groups is 2. The topological polar surface area (TPSA) is 75.6 Å². The Balaban J connectivity index is 2.10. The van der Waals surface area contributed by atoms with Crippen LogP contribution in [0.1, 0.15) is 5.56 Å². The van der Waals surface area contributed by atoms with Crippen molar-refractivity contribution in [2.24, 2.45) is 0 Å². The molecular formula is C17H17NO4. The molecule has 0 aromatic heterocycles. The van der Waals surface area contributed by atoms with Crippen LogP contribution < -0.4 is 5.32 Å². The summed E-state index contributed by atoms with van der Waals surface area (Å²) in [6.45, 7) is 3.46. The first kappa shape index (κ1) is 15.6. The second kappa shape index (κ2) is 7.26. The predicted molar refractivity (Wildman–Crippen MR) is 83.8 cm³/mol. The van der Waals surface area contributed by atoms with Gasteiger partial charge in [-0.15, -0.1) is 0 Å². The van der Waals surface area contributed by atoms with Gasteiger partial charge in [0.15, 0.2) is 0 Å². The summed E-state index contributed by atoms with van der Waals surface area (Å²) in [5, 5.41) is 13.7. The Labute approximate surface area is 128 Å². The standard InChI is InChI=1S/C17H17NO4/c1-2-9-22-17(21)18-15(16(19)20)11-12-7-8-13-5-3-4-6-14(13)10-12/h2-8,10,15H,1,9,11H2,(H,18,21)(H,19,20)/t15-/m0/s1. The summed E-state index contributed by atoms with van der Waals surface area (Å²) < 4.78 is 4.75. The highest BCUT2D eigenvalue weighted by atomic mass is 16.5. The van der Waals surface area contributed by atoms with Crippen LogP contribution in [-0.2, 0) is 16.0 Å². The Kier molecular flexibility index (Phi) is 5.14. The van der Waals surface area contributed by atoms with Gasteiger partial charge in [0.25, 0.3) is 0 Å². The highest BCUT2D eigenvalue weighted by Crippen LogP contribution is 2.16. The van der Waals surface area contributed by atoms with Crippen LogP contribution in [0.2, 0.25) is 0 Å². The molecule has 0 saturated carbocycles. The Bertz CT molecular complexity index is 696. The molecule has 5 heteroatoms. The van der Waals surface area contributed by atoms with E-state index in [-0.39, 0.29) is 13.0 Å². The third-order valence-electron chi connectivity index (χ3n) is 3.18. The molecule has 0 radical (unpaired) electrons. The molecule has 0 aliphatic rings. The van der Waals surface area contributed by atoms with Crippen molar-refractivity contribution in [3.05, 3.63) is 60.7 Å². The fourth-order valence-corrected chi connectivity index (χ4v) is 2.12. The van der Waals surface area contributed by atoms with E-state index in [1.165, 1.54) is 6.08 Å². The maximum atomic E-state index is 11.5. The molecule has 22 heavy (non-hydrogen) atoms. The number of alkyl carbamates (subject to hydrolysis) is 1. The lowest BCUT2D eigenvalue weighted by Crippen LogP contribution is -2.42. The highest BCUT2D eigenvalue weighted by molar-refractivity contribution is 5.84. The average Bonchev–Trinajstić information content (AvgIpc) is 2.52. The van der Waals surface area contributed by atoms with Crippen LogP contribution in [0.3, 0.4) is 0 Å². The number of carbonyl (C=O) groups excluding carboxylic acids is 1. The number of amides is 1. The number of benzene rings is 2.